The topological polar surface area (TPSA) is 20.2 Å². The van der Waals surface area contributed by atoms with Crippen molar-refractivity contribution in [2.75, 3.05) is 0 Å². The van der Waals surface area contributed by atoms with E-state index in [9.17, 15) is 5.11 Å². The van der Waals surface area contributed by atoms with Crippen molar-refractivity contribution in [1.82, 2.24) is 0 Å². The zero-order chi connectivity index (χ0) is 10.7. The lowest BCUT2D eigenvalue weighted by atomic mass is 10.1. The smallest absolute Gasteiger partial charge is 0.0969 e. The third-order valence-electron chi connectivity index (χ3n) is 2.28. The Morgan fingerprint density at radius 2 is 1.93 bits per heavy atom. The van der Waals surface area contributed by atoms with Gasteiger partial charge in [0.1, 0.15) is 0 Å². The van der Waals surface area contributed by atoms with E-state index in [-0.39, 0.29) is 0 Å². The molecule has 2 aromatic rings. The Bertz CT molecular complexity index is 428. The molecule has 0 amide bonds. The second-order valence-corrected chi connectivity index (χ2v) is 4.23. The SMILES string of the molecule is C=CC(O)c1ccc(-c2cccs2)cc1. The monoisotopic (exact) mass is 216 g/mol. The van der Waals surface area contributed by atoms with E-state index < -0.39 is 6.10 Å². The summed E-state index contributed by atoms with van der Waals surface area (Å²) < 4.78 is 0. The molecule has 1 aromatic heterocycles. The highest BCUT2D eigenvalue weighted by Crippen LogP contribution is 2.26. The summed E-state index contributed by atoms with van der Waals surface area (Å²) in [6, 6.07) is 12.0. The van der Waals surface area contributed by atoms with Gasteiger partial charge < -0.3 is 5.11 Å². The third kappa shape index (κ3) is 2.17. The highest BCUT2D eigenvalue weighted by atomic mass is 32.1. The van der Waals surface area contributed by atoms with E-state index in [0.717, 1.165) is 5.56 Å². The molecule has 0 saturated carbocycles. The van der Waals surface area contributed by atoms with E-state index in [2.05, 4.69) is 18.0 Å². The van der Waals surface area contributed by atoms with Crippen LogP contribution in [0.2, 0.25) is 0 Å². The summed E-state index contributed by atoms with van der Waals surface area (Å²) in [5, 5.41) is 11.6. The molecule has 0 saturated heterocycles. The van der Waals surface area contributed by atoms with Crippen molar-refractivity contribution < 1.29 is 5.11 Å². The minimum Gasteiger partial charge on any atom is -0.384 e. The summed E-state index contributed by atoms with van der Waals surface area (Å²) in [7, 11) is 0. The van der Waals surface area contributed by atoms with E-state index >= 15 is 0 Å². The Kier molecular flexibility index (Phi) is 2.99. The molecule has 1 unspecified atom stereocenters. The number of aliphatic hydroxyl groups is 1. The van der Waals surface area contributed by atoms with Gasteiger partial charge in [-0.3, -0.25) is 0 Å². The predicted octanol–water partition coefficient (Wildman–Crippen LogP) is 3.63. The van der Waals surface area contributed by atoms with Gasteiger partial charge >= 0.3 is 0 Å². The molecule has 1 N–H and O–H groups in total. The minimum absolute atomic E-state index is 0.567. The van der Waals surface area contributed by atoms with Gasteiger partial charge in [0.25, 0.3) is 0 Å². The number of hydrogen-bond acceptors (Lipinski definition) is 2. The van der Waals surface area contributed by atoms with E-state index in [1.54, 1.807) is 11.3 Å². The lowest BCUT2D eigenvalue weighted by Crippen LogP contribution is -1.91. The van der Waals surface area contributed by atoms with Crippen molar-refractivity contribution in [3.63, 3.8) is 0 Å². The van der Waals surface area contributed by atoms with Crippen molar-refractivity contribution in [1.29, 1.82) is 0 Å². The molecule has 0 aliphatic heterocycles. The van der Waals surface area contributed by atoms with Crippen LogP contribution in [0.5, 0.6) is 0 Å². The quantitative estimate of drug-likeness (QED) is 0.777. The molecule has 15 heavy (non-hydrogen) atoms. The Morgan fingerprint density at radius 1 is 1.20 bits per heavy atom. The maximum Gasteiger partial charge on any atom is 0.0969 e. The van der Waals surface area contributed by atoms with Crippen molar-refractivity contribution in [3.05, 3.63) is 60.0 Å². The lowest BCUT2D eigenvalue weighted by molar-refractivity contribution is 0.229. The van der Waals surface area contributed by atoms with Crippen molar-refractivity contribution in [2.24, 2.45) is 0 Å². The first-order chi connectivity index (χ1) is 7.31. The highest BCUT2D eigenvalue weighted by Gasteiger charge is 2.03. The predicted molar refractivity (Wildman–Crippen MR) is 64.9 cm³/mol. The summed E-state index contributed by atoms with van der Waals surface area (Å²) >= 11 is 1.71. The fraction of sp³-hybridized carbons (Fsp3) is 0.0769. The molecule has 0 spiro atoms. The second kappa shape index (κ2) is 4.43. The third-order valence-corrected chi connectivity index (χ3v) is 3.20. The summed E-state index contributed by atoms with van der Waals surface area (Å²) in [5.41, 5.74) is 2.07. The van der Waals surface area contributed by atoms with Crippen molar-refractivity contribution in [3.8, 4) is 10.4 Å². The lowest BCUT2D eigenvalue weighted by Gasteiger charge is -2.05. The summed E-state index contributed by atoms with van der Waals surface area (Å²) in [6.45, 7) is 3.56. The van der Waals surface area contributed by atoms with Gasteiger partial charge in [-0.25, -0.2) is 0 Å². The Labute approximate surface area is 93.3 Å². The van der Waals surface area contributed by atoms with Crippen LogP contribution >= 0.6 is 11.3 Å². The van der Waals surface area contributed by atoms with Crippen LogP contribution in [0, 0.1) is 0 Å². The first-order valence-corrected chi connectivity index (χ1v) is 5.63. The van der Waals surface area contributed by atoms with Gasteiger partial charge in [0.2, 0.25) is 0 Å². The summed E-state index contributed by atoms with van der Waals surface area (Å²) in [6.07, 6.45) is 0.961. The Hall–Kier alpha value is -1.38. The average molecular weight is 216 g/mol. The zero-order valence-corrected chi connectivity index (χ0v) is 9.08. The molecule has 0 radical (unpaired) electrons. The van der Waals surface area contributed by atoms with Gasteiger partial charge in [-0.2, -0.15) is 0 Å². The van der Waals surface area contributed by atoms with E-state index in [1.807, 2.05) is 30.3 Å². The maximum atomic E-state index is 9.54. The molecule has 0 aliphatic carbocycles. The fourth-order valence-corrected chi connectivity index (χ4v) is 2.16. The Balaban J connectivity index is 2.28. The van der Waals surface area contributed by atoms with Crippen LogP contribution in [0.15, 0.2) is 54.4 Å². The molecule has 2 heteroatoms. The van der Waals surface area contributed by atoms with Crippen molar-refractivity contribution in [2.45, 2.75) is 6.10 Å². The van der Waals surface area contributed by atoms with Crippen LogP contribution in [0.3, 0.4) is 0 Å². The molecule has 1 aromatic carbocycles. The highest BCUT2D eigenvalue weighted by molar-refractivity contribution is 7.13. The second-order valence-electron chi connectivity index (χ2n) is 3.28. The van der Waals surface area contributed by atoms with Gasteiger partial charge in [-0.15, -0.1) is 17.9 Å². The first-order valence-electron chi connectivity index (χ1n) is 4.75. The van der Waals surface area contributed by atoms with Crippen LogP contribution in [0.4, 0.5) is 0 Å². The van der Waals surface area contributed by atoms with Crippen LogP contribution in [0.1, 0.15) is 11.7 Å². The van der Waals surface area contributed by atoms with Gasteiger partial charge in [0.05, 0.1) is 6.10 Å². The van der Waals surface area contributed by atoms with Crippen LogP contribution < -0.4 is 0 Å². The summed E-state index contributed by atoms with van der Waals surface area (Å²) in [5.74, 6) is 0. The van der Waals surface area contributed by atoms with Crippen LogP contribution in [0.25, 0.3) is 10.4 Å². The molecule has 1 nitrogen and oxygen atoms in total. The maximum absolute atomic E-state index is 9.54. The molecular formula is C13H12OS. The molecule has 0 fully saturated rings. The van der Waals surface area contributed by atoms with Gasteiger partial charge in [-0.05, 0) is 22.6 Å². The van der Waals surface area contributed by atoms with Gasteiger partial charge in [-0.1, -0.05) is 36.4 Å². The first kappa shape index (κ1) is 10.1. The normalized spacial score (nSPS) is 12.3. The van der Waals surface area contributed by atoms with Crippen LogP contribution in [-0.4, -0.2) is 5.11 Å². The van der Waals surface area contributed by atoms with Crippen molar-refractivity contribution >= 4 is 11.3 Å². The average Bonchev–Trinajstić information content (AvgIpc) is 2.82. The molecule has 2 rings (SSSR count). The summed E-state index contributed by atoms with van der Waals surface area (Å²) in [4.78, 5) is 1.25. The van der Waals surface area contributed by atoms with Gasteiger partial charge in [0, 0.05) is 4.88 Å². The Morgan fingerprint density at radius 3 is 2.47 bits per heavy atom. The van der Waals surface area contributed by atoms with E-state index in [4.69, 9.17) is 0 Å². The van der Waals surface area contributed by atoms with E-state index in [0.29, 0.717) is 0 Å². The van der Waals surface area contributed by atoms with Crippen LogP contribution in [-0.2, 0) is 0 Å². The zero-order valence-electron chi connectivity index (χ0n) is 8.26. The minimum atomic E-state index is -0.567. The molecule has 76 valence electrons. The molecular weight excluding hydrogens is 204 g/mol. The number of aliphatic hydroxyl groups excluding tert-OH is 1. The molecule has 0 aliphatic rings. The van der Waals surface area contributed by atoms with Gasteiger partial charge in [0.15, 0.2) is 0 Å². The van der Waals surface area contributed by atoms with E-state index in [1.165, 1.54) is 16.5 Å². The fourth-order valence-electron chi connectivity index (χ4n) is 1.42. The molecule has 1 atom stereocenters. The number of rotatable bonds is 3. The standard InChI is InChI=1S/C13H12OS/c1-2-12(14)10-5-7-11(8-6-10)13-4-3-9-15-13/h2-9,12,14H,1H2. The number of thiophene rings is 1. The largest absolute Gasteiger partial charge is 0.384 e. The number of hydrogen-bond donors (Lipinski definition) is 1. The molecule has 0 bridgehead atoms. The number of benzene rings is 1. The molecule has 1 heterocycles.